The molecule has 0 aromatic carbocycles. The first-order valence-electron chi connectivity index (χ1n) is 5.69. The van der Waals surface area contributed by atoms with Gasteiger partial charge in [-0.2, -0.15) is 0 Å². The van der Waals surface area contributed by atoms with E-state index in [4.69, 9.17) is 5.73 Å². The molecule has 1 aliphatic rings. The first-order valence-corrected chi connectivity index (χ1v) is 5.69. The van der Waals surface area contributed by atoms with E-state index >= 15 is 0 Å². The van der Waals surface area contributed by atoms with Crippen molar-refractivity contribution in [3.8, 4) is 0 Å². The predicted octanol–water partition coefficient (Wildman–Crippen LogP) is 1.42. The summed E-state index contributed by atoms with van der Waals surface area (Å²) < 4.78 is 0. The quantitative estimate of drug-likeness (QED) is 0.608. The zero-order valence-corrected chi connectivity index (χ0v) is 9.14. The molecular weight excluding hydrogens is 176 g/mol. The van der Waals surface area contributed by atoms with Gasteiger partial charge in [0.2, 0.25) is 5.91 Å². The minimum absolute atomic E-state index is 0.193. The number of hydrogen-bond acceptors (Lipinski definition) is 2. The SMILES string of the molecule is CCCCCC(=O)NCC1(CN)CC1. The Morgan fingerprint density at radius 2 is 2.14 bits per heavy atom. The van der Waals surface area contributed by atoms with Crippen LogP contribution in [0, 0.1) is 5.41 Å². The molecule has 0 spiro atoms. The molecule has 0 atom stereocenters. The van der Waals surface area contributed by atoms with Gasteiger partial charge in [0.15, 0.2) is 0 Å². The molecule has 0 aliphatic heterocycles. The number of nitrogens with one attached hydrogen (secondary N) is 1. The lowest BCUT2D eigenvalue weighted by Gasteiger charge is -2.12. The van der Waals surface area contributed by atoms with Gasteiger partial charge in [-0.15, -0.1) is 0 Å². The normalized spacial score (nSPS) is 17.9. The van der Waals surface area contributed by atoms with E-state index in [1.165, 1.54) is 19.3 Å². The van der Waals surface area contributed by atoms with E-state index in [0.717, 1.165) is 19.4 Å². The minimum Gasteiger partial charge on any atom is -0.355 e. The number of carbonyl (C=O) groups excluding carboxylic acids is 1. The lowest BCUT2D eigenvalue weighted by atomic mass is 10.1. The van der Waals surface area contributed by atoms with Crippen molar-refractivity contribution in [1.29, 1.82) is 0 Å². The zero-order chi connectivity index (χ0) is 10.4. The van der Waals surface area contributed by atoms with Crippen LogP contribution in [0.5, 0.6) is 0 Å². The highest BCUT2D eigenvalue weighted by atomic mass is 16.1. The number of hydrogen-bond donors (Lipinski definition) is 2. The monoisotopic (exact) mass is 198 g/mol. The first kappa shape index (κ1) is 11.5. The van der Waals surface area contributed by atoms with Crippen LogP contribution in [0.3, 0.4) is 0 Å². The molecular formula is C11H22N2O. The highest BCUT2D eigenvalue weighted by Gasteiger charge is 2.41. The van der Waals surface area contributed by atoms with Crippen molar-refractivity contribution in [1.82, 2.24) is 5.32 Å². The summed E-state index contributed by atoms with van der Waals surface area (Å²) in [5.74, 6) is 0.193. The van der Waals surface area contributed by atoms with Gasteiger partial charge < -0.3 is 11.1 Å². The van der Waals surface area contributed by atoms with E-state index in [-0.39, 0.29) is 11.3 Å². The fraction of sp³-hybridized carbons (Fsp3) is 0.909. The molecule has 0 aromatic rings. The standard InChI is InChI=1S/C11H22N2O/c1-2-3-4-5-10(14)13-9-11(8-12)6-7-11/h2-9,12H2,1H3,(H,13,14). The van der Waals surface area contributed by atoms with Crippen LogP contribution in [0.25, 0.3) is 0 Å². The molecule has 3 heteroatoms. The molecule has 14 heavy (non-hydrogen) atoms. The highest BCUT2D eigenvalue weighted by Crippen LogP contribution is 2.43. The number of carbonyl (C=O) groups is 1. The van der Waals surface area contributed by atoms with Crippen LogP contribution in [0.1, 0.15) is 45.4 Å². The molecule has 0 radical (unpaired) electrons. The molecule has 1 saturated carbocycles. The Bertz CT molecular complexity index is 188. The maximum atomic E-state index is 11.4. The second-order valence-electron chi connectivity index (χ2n) is 4.44. The molecule has 1 amide bonds. The average molecular weight is 198 g/mol. The topological polar surface area (TPSA) is 55.1 Å². The molecule has 1 aliphatic carbocycles. The van der Waals surface area contributed by atoms with Crippen molar-refractivity contribution in [3.05, 3.63) is 0 Å². The lowest BCUT2D eigenvalue weighted by molar-refractivity contribution is -0.121. The van der Waals surface area contributed by atoms with Crippen molar-refractivity contribution < 1.29 is 4.79 Å². The third-order valence-electron chi connectivity index (χ3n) is 3.06. The summed E-state index contributed by atoms with van der Waals surface area (Å²) in [6, 6.07) is 0. The van der Waals surface area contributed by atoms with Crippen molar-refractivity contribution in [2.45, 2.75) is 45.4 Å². The molecule has 1 fully saturated rings. The first-order chi connectivity index (χ1) is 6.72. The number of unbranched alkanes of at least 4 members (excludes halogenated alkanes) is 2. The van der Waals surface area contributed by atoms with E-state index in [9.17, 15) is 4.79 Å². The van der Waals surface area contributed by atoms with E-state index in [1.807, 2.05) is 0 Å². The lowest BCUT2D eigenvalue weighted by Crippen LogP contribution is -2.33. The summed E-state index contributed by atoms with van der Waals surface area (Å²) >= 11 is 0. The van der Waals surface area contributed by atoms with Gasteiger partial charge in [0, 0.05) is 13.0 Å². The van der Waals surface area contributed by atoms with Crippen LogP contribution in [0.15, 0.2) is 0 Å². The summed E-state index contributed by atoms with van der Waals surface area (Å²) in [5.41, 5.74) is 5.89. The van der Waals surface area contributed by atoms with Crippen molar-refractivity contribution >= 4 is 5.91 Å². The molecule has 0 unspecified atom stereocenters. The summed E-state index contributed by atoms with van der Waals surface area (Å²) in [4.78, 5) is 11.4. The maximum Gasteiger partial charge on any atom is 0.220 e. The Labute approximate surface area is 86.4 Å². The summed E-state index contributed by atoms with van der Waals surface area (Å²) in [6.45, 7) is 3.64. The van der Waals surface area contributed by atoms with Crippen LogP contribution in [-0.2, 0) is 4.79 Å². The Balaban J connectivity index is 2.03. The third kappa shape index (κ3) is 3.66. The average Bonchev–Trinajstić information content (AvgIpc) is 2.96. The summed E-state index contributed by atoms with van der Waals surface area (Å²) in [6.07, 6.45) is 6.36. The van der Waals surface area contributed by atoms with Gasteiger partial charge in [0.05, 0.1) is 0 Å². The fourth-order valence-electron chi connectivity index (χ4n) is 1.54. The largest absolute Gasteiger partial charge is 0.355 e. The van der Waals surface area contributed by atoms with Crippen LogP contribution in [0.4, 0.5) is 0 Å². The number of amides is 1. The Hall–Kier alpha value is -0.570. The summed E-state index contributed by atoms with van der Waals surface area (Å²) in [5, 5.41) is 2.98. The molecule has 1 rings (SSSR count). The van der Waals surface area contributed by atoms with E-state index in [1.54, 1.807) is 0 Å². The van der Waals surface area contributed by atoms with E-state index in [2.05, 4.69) is 12.2 Å². The third-order valence-corrected chi connectivity index (χ3v) is 3.06. The second kappa shape index (κ2) is 5.35. The molecule has 0 heterocycles. The van der Waals surface area contributed by atoms with E-state index < -0.39 is 0 Å². The molecule has 3 nitrogen and oxygen atoms in total. The molecule has 0 bridgehead atoms. The van der Waals surface area contributed by atoms with Gasteiger partial charge in [-0.05, 0) is 31.2 Å². The predicted molar refractivity (Wildman–Crippen MR) is 57.9 cm³/mol. The maximum absolute atomic E-state index is 11.4. The van der Waals surface area contributed by atoms with Gasteiger partial charge in [0.1, 0.15) is 0 Å². The van der Waals surface area contributed by atoms with Gasteiger partial charge in [-0.3, -0.25) is 4.79 Å². The van der Waals surface area contributed by atoms with Gasteiger partial charge in [0.25, 0.3) is 0 Å². The Kier molecular flexibility index (Phi) is 4.39. The van der Waals surface area contributed by atoms with E-state index in [0.29, 0.717) is 13.0 Å². The van der Waals surface area contributed by atoms with Gasteiger partial charge >= 0.3 is 0 Å². The molecule has 3 N–H and O–H groups in total. The van der Waals surface area contributed by atoms with Crippen LogP contribution < -0.4 is 11.1 Å². The van der Waals surface area contributed by atoms with Crippen molar-refractivity contribution in [3.63, 3.8) is 0 Å². The van der Waals surface area contributed by atoms with Crippen molar-refractivity contribution in [2.24, 2.45) is 11.1 Å². The van der Waals surface area contributed by atoms with Crippen LogP contribution in [0.2, 0.25) is 0 Å². The minimum atomic E-state index is 0.193. The number of rotatable bonds is 7. The zero-order valence-electron chi connectivity index (χ0n) is 9.14. The van der Waals surface area contributed by atoms with Crippen molar-refractivity contribution in [2.75, 3.05) is 13.1 Å². The van der Waals surface area contributed by atoms with Crippen LogP contribution in [-0.4, -0.2) is 19.0 Å². The number of nitrogens with two attached hydrogens (primary N) is 1. The second-order valence-corrected chi connectivity index (χ2v) is 4.44. The smallest absolute Gasteiger partial charge is 0.220 e. The Morgan fingerprint density at radius 1 is 1.43 bits per heavy atom. The van der Waals surface area contributed by atoms with Crippen LogP contribution >= 0.6 is 0 Å². The molecule has 82 valence electrons. The highest BCUT2D eigenvalue weighted by molar-refractivity contribution is 5.75. The summed E-state index contributed by atoms with van der Waals surface area (Å²) in [7, 11) is 0. The van der Waals surface area contributed by atoms with Gasteiger partial charge in [-0.1, -0.05) is 19.8 Å². The van der Waals surface area contributed by atoms with Gasteiger partial charge in [-0.25, -0.2) is 0 Å². The Morgan fingerprint density at radius 3 is 2.64 bits per heavy atom. The fourth-order valence-corrected chi connectivity index (χ4v) is 1.54. The molecule has 0 saturated heterocycles. The molecule has 0 aromatic heterocycles.